The molecule has 0 amide bonds. The highest BCUT2D eigenvalue weighted by atomic mass is 32.2. The highest BCUT2D eigenvalue weighted by Crippen LogP contribution is 2.45. The first kappa shape index (κ1) is 18.2. The first-order valence-corrected chi connectivity index (χ1v) is 10.6. The van der Waals surface area contributed by atoms with Gasteiger partial charge in [0.25, 0.3) is 5.92 Å². The Balaban J connectivity index is 1.89. The van der Waals surface area contributed by atoms with Crippen molar-refractivity contribution in [2.75, 3.05) is 17.7 Å². The topological polar surface area (TPSA) is 90.2 Å². The first-order chi connectivity index (χ1) is 12.6. The van der Waals surface area contributed by atoms with E-state index in [9.17, 15) is 18.1 Å². The minimum absolute atomic E-state index is 0.155. The van der Waals surface area contributed by atoms with Gasteiger partial charge in [0.1, 0.15) is 5.69 Å². The second-order valence-electron chi connectivity index (χ2n) is 7.24. The normalized spacial score (nSPS) is 25.6. The van der Waals surface area contributed by atoms with Crippen molar-refractivity contribution in [2.45, 2.75) is 42.7 Å². The van der Waals surface area contributed by atoms with Gasteiger partial charge >= 0.3 is 0 Å². The van der Waals surface area contributed by atoms with Gasteiger partial charge in [0.2, 0.25) is 5.95 Å². The number of anilines is 1. The molecule has 1 saturated heterocycles. The lowest BCUT2D eigenvalue weighted by Crippen LogP contribution is -2.59. The van der Waals surface area contributed by atoms with Gasteiger partial charge in [0, 0.05) is 35.2 Å². The Bertz CT molecular complexity index is 1030. The molecule has 4 rings (SSSR count). The third-order valence-electron chi connectivity index (χ3n) is 5.28. The highest BCUT2D eigenvalue weighted by Gasteiger charge is 2.45. The van der Waals surface area contributed by atoms with Crippen LogP contribution in [-0.2, 0) is 22.1 Å². The van der Waals surface area contributed by atoms with Crippen molar-refractivity contribution in [3.05, 3.63) is 35.5 Å². The molecule has 1 aromatic heterocycles. The predicted octanol–water partition coefficient (Wildman–Crippen LogP) is 2.79. The van der Waals surface area contributed by atoms with Crippen LogP contribution in [0, 0.1) is 4.78 Å². The molecule has 27 heavy (non-hydrogen) atoms. The monoisotopic (exact) mass is 394 g/mol. The molecule has 1 fully saturated rings. The lowest BCUT2D eigenvalue weighted by Gasteiger charge is -2.43. The number of rotatable bonds is 3. The number of alkyl halides is 2. The van der Waals surface area contributed by atoms with Gasteiger partial charge in [-0.3, -0.25) is 0 Å². The largest absolute Gasteiger partial charge is 0.389 e. The Hall–Kier alpha value is -2.13. The summed E-state index contributed by atoms with van der Waals surface area (Å²) >= 11 is 0. The zero-order chi connectivity index (χ0) is 19.6. The van der Waals surface area contributed by atoms with E-state index in [1.807, 2.05) is 0 Å². The van der Waals surface area contributed by atoms with E-state index < -0.39 is 21.8 Å². The van der Waals surface area contributed by atoms with Crippen molar-refractivity contribution in [3.8, 4) is 11.3 Å². The summed E-state index contributed by atoms with van der Waals surface area (Å²) in [6, 6.07) is 6.28. The van der Waals surface area contributed by atoms with Gasteiger partial charge < -0.3 is 10.0 Å². The quantitative estimate of drug-likeness (QED) is 0.836. The molecular weight excluding hydrogens is 374 g/mol. The van der Waals surface area contributed by atoms with Crippen molar-refractivity contribution >= 4 is 15.7 Å². The smallest absolute Gasteiger partial charge is 0.290 e. The van der Waals surface area contributed by atoms with E-state index in [2.05, 4.69) is 9.97 Å². The molecule has 2 aromatic rings. The molecule has 3 atom stereocenters. The number of β-amino-alcohol motifs (C(OH)–C–C–N with tert-alkyl or cyclic N) is 1. The number of hydrogen-bond acceptors (Lipinski definition) is 6. The Morgan fingerprint density at radius 2 is 2.11 bits per heavy atom. The van der Waals surface area contributed by atoms with Crippen LogP contribution in [-0.4, -0.2) is 44.2 Å². The molecule has 2 N–H and O–H groups in total. The van der Waals surface area contributed by atoms with Crippen LogP contribution in [0.2, 0.25) is 0 Å². The minimum atomic E-state index is -3.03. The molecule has 1 aliphatic heterocycles. The highest BCUT2D eigenvalue weighted by molar-refractivity contribution is 7.91. The number of halogens is 2. The van der Waals surface area contributed by atoms with E-state index in [0.717, 1.165) is 0 Å². The van der Waals surface area contributed by atoms with E-state index >= 15 is 0 Å². The lowest BCUT2D eigenvalue weighted by molar-refractivity contribution is -0.00603. The first-order valence-electron chi connectivity index (χ1n) is 8.66. The third kappa shape index (κ3) is 2.98. The predicted molar refractivity (Wildman–Crippen MR) is 97.5 cm³/mol. The van der Waals surface area contributed by atoms with Crippen LogP contribution in [0.1, 0.15) is 24.6 Å². The molecule has 0 saturated carbocycles. The summed E-state index contributed by atoms with van der Waals surface area (Å²) in [5, 5.41) is 9.76. The number of nitrogens with zero attached hydrogens (tertiary/aromatic N) is 3. The summed E-state index contributed by atoms with van der Waals surface area (Å²) in [5.74, 6) is -2.86. The van der Waals surface area contributed by atoms with Crippen LogP contribution in [0.15, 0.2) is 29.2 Å². The molecule has 0 spiro atoms. The number of fused-ring (bicyclic) bond motifs is 1. The molecule has 144 valence electrons. The van der Waals surface area contributed by atoms with Crippen molar-refractivity contribution in [1.29, 1.82) is 4.78 Å². The van der Waals surface area contributed by atoms with Crippen LogP contribution >= 0.6 is 0 Å². The van der Waals surface area contributed by atoms with Crippen molar-refractivity contribution in [3.63, 3.8) is 0 Å². The van der Waals surface area contributed by atoms with Crippen molar-refractivity contribution in [1.82, 2.24) is 9.97 Å². The minimum Gasteiger partial charge on any atom is -0.389 e. The Kier molecular flexibility index (Phi) is 4.01. The van der Waals surface area contributed by atoms with Gasteiger partial charge in [-0.15, -0.1) is 0 Å². The fourth-order valence-corrected chi connectivity index (χ4v) is 4.21. The van der Waals surface area contributed by atoms with Crippen LogP contribution in [0.5, 0.6) is 0 Å². The SMILES string of the molecule is C[C@H]1[C@H](O)CN1c1nc(-c2cccc([S@@](C)(=N)=O)c2)c2c(n1)C(F)(F)CC2. The van der Waals surface area contributed by atoms with Crippen LogP contribution < -0.4 is 4.90 Å². The molecule has 2 aliphatic rings. The van der Waals surface area contributed by atoms with Crippen molar-refractivity contribution in [2.24, 2.45) is 0 Å². The van der Waals surface area contributed by atoms with Crippen LogP contribution in [0.3, 0.4) is 0 Å². The number of nitrogens with one attached hydrogen (secondary N) is 1. The molecule has 1 aromatic carbocycles. The average molecular weight is 394 g/mol. The van der Waals surface area contributed by atoms with Gasteiger partial charge in [-0.2, -0.15) is 8.78 Å². The van der Waals surface area contributed by atoms with E-state index in [-0.39, 0.29) is 30.5 Å². The number of benzene rings is 1. The Labute approximate surface area is 156 Å². The lowest BCUT2D eigenvalue weighted by atomic mass is 10.0. The van der Waals surface area contributed by atoms with Crippen molar-refractivity contribution < 1.29 is 18.1 Å². The molecule has 0 unspecified atom stereocenters. The van der Waals surface area contributed by atoms with E-state index in [0.29, 0.717) is 28.3 Å². The molecule has 0 bridgehead atoms. The van der Waals surface area contributed by atoms with Crippen LogP contribution in [0.4, 0.5) is 14.7 Å². The molecule has 0 radical (unpaired) electrons. The Morgan fingerprint density at radius 1 is 1.37 bits per heavy atom. The standard InChI is InChI=1S/C18H20F2N4O2S/c1-10-14(25)9-24(10)17-22-15(13-6-7-18(19,20)16(13)23-17)11-4-3-5-12(8-11)27(2,21)26/h3-5,8,10,14,21,25H,6-7,9H2,1-2H3/t10-,14+,27-/m0/s1. The summed E-state index contributed by atoms with van der Waals surface area (Å²) in [6.45, 7) is 2.08. The number of aliphatic hydroxyl groups excluding tert-OH is 1. The average Bonchev–Trinajstić information content (AvgIpc) is 2.93. The maximum absolute atomic E-state index is 14.4. The zero-order valence-electron chi connectivity index (χ0n) is 14.9. The van der Waals surface area contributed by atoms with Gasteiger partial charge in [-0.1, -0.05) is 12.1 Å². The third-order valence-corrected chi connectivity index (χ3v) is 6.43. The molecule has 2 heterocycles. The Morgan fingerprint density at radius 3 is 2.74 bits per heavy atom. The van der Waals surface area contributed by atoms with E-state index in [1.54, 1.807) is 36.1 Å². The van der Waals surface area contributed by atoms with Gasteiger partial charge in [-0.25, -0.2) is 19.0 Å². The summed E-state index contributed by atoms with van der Waals surface area (Å²) in [6.07, 6.45) is 0.609. The second kappa shape index (κ2) is 5.93. The number of hydrogen-bond donors (Lipinski definition) is 2. The molecular formula is C18H20F2N4O2S. The van der Waals surface area contributed by atoms with E-state index in [4.69, 9.17) is 4.78 Å². The summed E-state index contributed by atoms with van der Waals surface area (Å²) < 4.78 is 48.7. The summed E-state index contributed by atoms with van der Waals surface area (Å²) in [4.78, 5) is 10.7. The number of aromatic nitrogens is 2. The maximum Gasteiger partial charge on any atom is 0.290 e. The summed E-state index contributed by atoms with van der Waals surface area (Å²) in [7, 11) is -2.94. The molecule has 6 nitrogen and oxygen atoms in total. The fraction of sp³-hybridized carbons (Fsp3) is 0.444. The fourth-order valence-electron chi connectivity index (χ4n) is 3.52. The zero-order valence-corrected chi connectivity index (χ0v) is 15.8. The van der Waals surface area contributed by atoms with Crippen LogP contribution in [0.25, 0.3) is 11.3 Å². The van der Waals surface area contributed by atoms with Gasteiger partial charge in [0.05, 0.1) is 27.6 Å². The van der Waals surface area contributed by atoms with Gasteiger partial charge in [0.15, 0.2) is 0 Å². The molecule has 9 heteroatoms. The second-order valence-corrected chi connectivity index (χ2v) is 9.39. The number of aliphatic hydroxyl groups is 1. The van der Waals surface area contributed by atoms with E-state index in [1.165, 1.54) is 6.26 Å². The maximum atomic E-state index is 14.4. The van der Waals surface area contributed by atoms with Gasteiger partial charge in [-0.05, 0) is 25.5 Å². The summed E-state index contributed by atoms with van der Waals surface area (Å²) in [5.41, 5.74) is 1.04. The molecule has 1 aliphatic carbocycles.